The number of carbonyl (C=O) groups is 2. The van der Waals surface area contributed by atoms with E-state index in [1.807, 2.05) is 0 Å². The molecule has 1 unspecified atom stereocenters. The molecule has 4 heteroatoms. The lowest BCUT2D eigenvalue weighted by atomic mass is 10.1. The first-order valence-electron chi connectivity index (χ1n) is 5.60. The van der Waals surface area contributed by atoms with Crippen molar-refractivity contribution < 1.29 is 19.1 Å². The summed E-state index contributed by atoms with van der Waals surface area (Å²) in [7, 11) is 0. The van der Waals surface area contributed by atoms with Crippen LogP contribution >= 0.6 is 0 Å². The predicted octanol–water partition coefficient (Wildman–Crippen LogP) is 1.82. The van der Waals surface area contributed by atoms with Crippen LogP contribution in [0.3, 0.4) is 0 Å². The highest BCUT2D eigenvalue weighted by Gasteiger charge is 2.24. The Labute approximate surface area is 89.9 Å². The van der Waals surface area contributed by atoms with Gasteiger partial charge in [-0.15, -0.1) is 0 Å². The van der Waals surface area contributed by atoms with Crippen LogP contribution < -0.4 is 0 Å². The van der Waals surface area contributed by atoms with Crippen molar-refractivity contribution in [2.75, 3.05) is 6.61 Å². The smallest absolute Gasteiger partial charge is 0.347 e. The molecule has 0 bridgehead atoms. The van der Waals surface area contributed by atoms with Crippen LogP contribution in [0.15, 0.2) is 0 Å². The van der Waals surface area contributed by atoms with Crippen molar-refractivity contribution in [2.24, 2.45) is 0 Å². The van der Waals surface area contributed by atoms with E-state index in [4.69, 9.17) is 9.47 Å². The zero-order chi connectivity index (χ0) is 11.1. The quantitative estimate of drug-likeness (QED) is 0.658. The molecule has 0 aromatic heterocycles. The molecule has 1 saturated heterocycles. The standard InChI is InChI=1S/C11H18O4/c1-2-10(12)15-9-7-5-3-4-6-8-14-11(9)13/h9H,2-8H2,1H3. The average molecular weight is 214 g/mol. The normalized spacial score (nSPS) is 23.3. The fraction of sp³-hybridized carbons (Fsp3) is 0.818. The van der Waals surface area contributed by atoms with Gasteiger partial charge in [0.05, 0.1) is 6.61 Å². The van der Waals surface area contributed by atoms with Gasteiger partial charge in [-0.1, -0.05) is 19.8 Å². The number of hydrogen-bond donors (Lipinski definition) is 0. The molecule has 0 aromatic rings. The Morgan fingerprint density at radius 3 is 2.87 bits per heavy atom. The summed E-state index contributed by atoms with van der Waals surface area (Å²) in [5.74, 6) is -0.727. The molecule has 0 amide bonds. The van der Waals surface area contributed by atoms with Crippen LogP contribution in [0.25, 0.3) is 0 Å². The summed E-state index contributed by atoms with van der Waals surface area (Å²) in [6.07, 6.45) is 4.15. The third kappa shape index (κ3) is 4.32. The maximum Gasteiger partial charge on any atom is 0.347 e. The van der Waals surface area contributed by atoms with Gasteiger partial charge in [-0.2, -0.15) is 0 Å². The molecule has 4 nitrogen and oxygen atoms in total. The lowest BCUT2D eigenvalue weighted by Gasteiger charge is -2.14. The average Bonchev–Trinajstić information content (AvgIpc) is 2.33. The molecule has 1 aliphatic heterocycles. The highest BCUT2D eigenvalue weighted by molar-refractivity contribution is 5.79. The lowest BCUT2D eigenvalue weighted by Crippen LogP contribution is -2.28. The van der Waals surface area contributed by atoms with Crippen molar-refractivity contribution >= 4 is 11.9 Å². The van der Waals surface area contributed by atoms with Gasteiger partial charge in [0, 0.05) is 6.42 Å². The van der Waals surface area contributed by atoms with E-state index in [0.29, 0.717) is 19.4 Å². The molecule has 0 N–H and O–H groups in total. The highest BCUT2D eigenvalue weighted by atomic mass is 16.6. The zero-order valence-electron chi connectivity index (χ0n) is 9.16. The van der Waals surface area contributed by atoms with Gasteiger partial charge in [-0.25, -0.2) is 4.79 Å². The zero-order valence-corrected chi connectivity index (χ0v) is 9.16. The number of ether oxygens (including phenoxy) is 2. The van der Waals surface area contributed by atoms with Gasteiger partial charge in [-0.05, 0) is 19.3 Å². The molecular formula is C11H18O4. The molecule has 1 rings (SSSR count). The van der Waals surface area contributed by atoms with E-state index in [-0.39, 0.29) is 5.97 Å². The maximum absolute atomic E-state index is 11.5. The van der Waals surface area contributed by atoms with Crippen molar-refractivity contribution in [3.63, 3.8) is 0 Å². The Morgan fingerprint density at radius 2 is 2.13 bits per heavy atom. The summed E-state index contributed by atoms with van der Waals surface area (Å²) in [4.78, 5) is 22.6. The minimum Gasteiger partial charge on any atom is -0.463 e. The summed E-state index contributed by atoms with van der Waals surface area (Å²) in [6.45, 7) is 2.15. The van der Waals surface area contributed by atoms with Crippen LogP contribution in [0.5, 0.6) is 0 Å². The van der Waals surface area contributed by atoms with Crippen molar-refractivity contribution in [2.45, 2.75) is 51.6 Å². The van der Waals surface area contributed by atoms with Gasteiger partial charge in [0.1, 0.15) is 0 Å². The van der Waals surface area contributed by atoms with Gasteiger partial charge < -0.3 is 9.47 Å². The van der Waals surface area contributed by atoms with Crippen LogP contribution in [0.2, 0.25) is 0 Å². The summed E-state index contributed by atoms with van der Waals surface area (Å²) in [5, 5.41) is 0. The molecule has 0 aromatic carbocycles. The van der Waals surface area contributed by atoms with Crippen LogP contribution in [0, 0.1) is 0 Å². The first kappa shape index (κ1) is 12.0. The minimum atomic E-state index is -0.685. The van der Waals surface area contributed by atoms with E-state index in [1.54, 1.807) is 6.92 Å². The van der Waals surface area contributed by atoms with Crippen molar-refractivity contribution in [3.05, 3.63) is 0 Å². The number of hydrogen-bond acceptors (Lipinski definition) is 4. The summed E-state index contributed by atoms with van der Waals surface area (Å²) in [6, 6.07) is 0. The SMILES string of the molecule is CCC(=O)OC1CCCCCCOC1=O. The van der Waals surface area contributed by atoms with Crippen molar-refractivity contribution in [1.29, 1.82) is 0 Å². The summed E-state index contributed by atoms with van der Waals surface area (Å²) < 4.78 is 10.0. The monoisotopic (exact) mass is 214 g/mol. The topological polar surface area (TPSA) is 52.6 Å². The van der Waals surface area contributed by atoms with Gasteiger partial charge >= 0.3 is 11.9 Å². The second-order valence-electron chi connectivity index (χ2n) is 3.70. The molecular weight excluding hydrogens is 196 g/mol. The van der Waals surface area contributed by atoms with E-state index in [0.717, 1.165) is 25.7 Å². The first-order chi connectivity index (χ1) is 7.24. The molecule has 86 valence electrons. The molecule has 0 spiro atoms. The first-order valence-corrected chi connectivity index (χ1v) is 5.60. The summed E-state index contributed by atoms with van der Waals surface area (Å²) >= 11 is 0. The number of esters is 2. The largest absolute Gasteiger partial charge is 0.463 e. The van der Waals surface area contributed by atoms with Crippen LogP contribution in [-0.2, 0) is 19.1 Å². The fourth-order valence-corrected chi connectivity index (χ4v) is 1.52. The molecule has 1 atom stereocenters. The van der Waals surface area contributed by atoms with Crippen LogP contribution in [0.4, 0.5) is 0 Å². The van der Waals surface area contributed by atoms with Crippen molar-refractivity contribution in [1.82, 2.24) is 0 Å². The second kappa shape index (κ2) is 6.43. The minimum absolute atomic E-state index is 0.295. The van der Waals surface area contributed by atoms with E-state index < -0.39 is 12.1 Å². The lowest BCUT2D eigenvalue weighted by molar-refractivity contribution is -0.168. The third-order valence-corrected chi connectivity index (χ3v) is 2.43. The van der Waals surface area contributed by atoms with Crippen molar-refractivity contribution in [3.8, 4) is 0 Å². The van der Waals surface area contributed by atoms with Gasteiger partial charge in [0.25, 0.3) is 0 Å². The van der Waals surface area contributed by atoms with Crippen LogP contribution in [-0.4, -0.2) is 24.6 Å². The Kier molecular flexibility index (Phi) is 5.15. The number of carbonyl (C=O) groups excluding carboxylic acids is 2. The van der Waals surface area contributed by atoms with Crippen LogP contribution in [0.1, 0.15) is 45.4 Å². The number of rotatable bonds is 2. The van der Waals surface area contributed by atoms with Gasteiger partial charge in [0.2, 0.25) is 0 Å². The molecule has 15 heavy (non-hydrogen) atoms. The molecule has 0 saturated carbocycles. The Bertz CT molecular complexity index is 225. The highest BCUT2D eigenvalue weighted by Crippen LogP contribution is 2.13. The third-order valence-electron chi connectivity index (χ3n) is 2.43. The Balaban J connectivity index is 2.48. The van der Waals surface area contributed by atoms with E-state index >= 15 is 0 Å². The molecule has 0 aliphatic carbocycles. The molecule has 1 heterocycles. The molecule has 1 fully saturated rings. The van der Waals surface area contributed by atoms with E-state index in [9.17, 15) is 9.59 Å². The molecule has 0 radical (unpaired) electrons. The van der Waals surface area contributed by atoms with E-state index in [1.165, 1.54) is 0 Å². The Morgan fingerprint density at radius 1 is 1.40 bits per heavy atom. The predicted molar refractivity (Wildman–Crippen MR) is 54.2 cm³/mol. The number of cyclic esters (lactones) is 1. The van der Waals surface area contributed by atoms with Gasteiger partial charge in [0.15, 0.2) is 6.10 Å². The maximum atomic E-state index is 11.5. The Hall–Kier alpha value is -1.06. The molecule has 1 aliphatic rings. The fourth-order valence-electron chi connectivity index (χ4n) is 1.52. The van der Waals surface area contributed by atoms with E-state index in [2.05, 4.69) is 0 Å². The second-order valence-corrected chi connectivity index (χ2v) is 3.70. The summed E-state index contributed by atoms with van der Waals surface area (Å²) in [5.41, 5.74) is 0. The van der Waals surface area contributed by atoms with Gasteiger partial charge in [-0.3, -0.25) is 4.79 Å².